The number of hydrogen-bond acceptors (Lipinski definition) is 4. The number of halogens is 2. The fourth-order valence-corrected chi connectivity index (χ4v) is 2.31. The van der Waals surface area contributed by atoms with Crippen LogP contribution in [0.4, 0.5) is 14.7 Å². The highest BCUT2D eigenvalue weighted by Gasteiger charge is 2.11. The van der Waals surface area contributed by atoms with Crippen LogP contribution in [0.15, 0.2) is 36.7 Å². The van der Waals surface area contributed by atoms with Gasteiger partial charge in [0.05, 0.1) is 11.4 Å². The van der Waals surface area contributed by atoms with E-state index in [9.17, 15) is 8.78 Å². The van der Waals surface area contributed by atoms with Crippen molar-refractivity contribution in [3.8, 4) is 11.3 Å². The number of aromatic nitrogens is 4. The first-order chi connectivity index (χ1) is 11.0. The minimum atomic E-state index is -0.600. The van der Waals surface area contributed by atoms with Crippen LogP contribution in [-0.2, 0) is 13.6 Å². The molecule has 0 saturated carbocycles. The fraction of sp³-hybridized carbons (Fsp3) is 0.188. The molecule has 118 valence electrons. The van der Waals surface area contributed by atoms with Gasteiger partial charge in [0.1, 0.15) is 11.6 Å². The largest absolute Gasteiger partial charge is 0.350 e. The fourth-order valence-electron chi connectivity index (χ4n) is 2.31. The summed E-state index contributed by atoms with van der Waals surface area (Å²) in [5.74, 6) is -0.901. The van der Waals surface area contributed by atoms with Crippen LogP contribution >= 0.6 is 0 Å². The van der Waals surface area contributed by atoms with E-state index in [0.717, 1.165) is 11.3 Å². The Hall–Kier alpha value is -2.83. The van der Waals surface area contributed by atoms with E-state index in [1.165, 1.54) is 18.2 Å². The van der Waals surface area contributed by atoms with Gasteiger partial charge in [-0.3, -0.25) is 4.68 Å². The molecule has 0 fully saturated rings. The maximum atomic E-state index is 13.6. The Balaban J connectivity index is 1.82. The van der Waals surface area contributed by atoms with Crippen molar-refractivity contribution in [3.63, 3.8) is 0 Å². The van der Waals surface area contributed by atoms with Crippen molar-refractivity contribution in [1.82, 2.24) is 19.7 Å². The Kier molecular flexibility index (Phi) is 4.01. The molecule has 0 spiro atoms. The maximum Gasteiger partial charge on any atom is 0.223 e. The van der Waals surface area contributed by atoms with E-state index >= 15 is 0 Å². The predicted octanol–water partition coefficient (Wildman–Crippen LogP) is 3.08. The quantitative estimate of drug-likeness (QED) is 0.804. The van der Waals surface area contributed by atoms with Crippen LogP contribution < -0.4 is 5.32 Å². The van der Waals surface area contributed by atoms with Crippen molar-refractivity contribution in [2.24, 2.45) is 7.05 Å². The van der Waals surface area contributed by atoms with Crippen LogP contribution in [0.5, 0.6) is 0 Å². The number of hydrogen-bond donors (Lipinski definition) is 1. The van der Waals surface area contributed by atoms with Crippen molar-refractivity contribution in [2.75, 3.05) is 5.32 Å². The molecular weight excluding hydrogens is 300 g/mol. The monoisotopic (exact) mass is 315 g/mol. The number of nitrogens with zero attached hydrogens (tertiary/aromatic N) is 4. The van der Waals surface area contributed by atoms with Crippen molar-refractivity contribution in [2.45, 2.75) is 13.5 Å². The second kappa shape index (κ2) is 6.12. The second-order valence-electron chi connectivity index (χ2n) is 5.12. The van der Waals surface area contributed by atoms with E-state index in [0.29, 0.717) is 11.6 Å². The maximum absolute atomic E-state index is 13.6. The molecule has 0 aliphatic carbocycles. The van der Waals surface area contributed by atoms with Crippen LogP contribution in [0.25, 0.3) is 11.3 Å². The lowest BCUT2D eigenvalue weighted by Crippen LogP contribution is -2.07. The van der Waals surface area contributed by atoms with Crippen LogP contribution in [-0.4, -0.2) is 19.7 Å². The minimum Gasteiger partial charge on any atom is -0.350 e. The zero-order chi connectivity index (χ0) is 16.4. The minimum absolute atomic E-state index is 0.0337. The third-order valence-corrected chi connectivity index (χ3v) is 3.43. The number of aryl methyl sites for hydroxylation is 2. The highest BCUT2D eigenvalue weighted by atomic mass is 19.1. The first-order valence-electron chi connectivity index (χ1n) is 7.05. The lowest BCUT2D eigenvalue weighted by molar-refractivity contribution is 0.559. The van der Waals surface area contributed by atoms with Gasteiger partial charge in [0, 0.05) is 37.1 Å². The number of rotatable bonds is 4. The molecule has 0 radical (unpaired) electrons. The Morgan fingerprint density at radius 2 is 1.91 bits per heavy atom. The van der Waals surface area contributed by atoms with Crippen molar-refractivity contribution < 1.29 is 8.78 Å². The Labute approximate surface area is 132 Å². The van der Waals surface area contributed by atoms with Gasteiger partial charge in [0.2, 0.25) is 5.95 Å². The van der Waals surface area contributed by atoms with E-state index < -0.39 is 11.6 Å². The van der Waals surface area contributed by atoms with Gasteiger partial charge in [-0.15, -0.1) is 0 Å². The van der Waals surface area contributed by atoms with Crippen molar-refractivity contribution in [3.05, 3.63) is 59.6 Å². The molecule has 2 aromatic heterocycles. The zero-order valence-electron chi connectivity index (χ0n) is 12.7. The van der Waals surface area contributed by atoms with Crippen LogP contribution in [0, 0.1) is 18.6 Å². The van der Waals surface area contributed by atoms with E-state index in [4.69, 9.17) is 0 Å². The van der Waals surface area contributed by atoms with Gasteiger partial charge in [-0.1, -0.05) is 6.07 Å². The molecule has 5 nitrogen and oxygen atoms in total. The van der Waals surface area contributed by atoms with E-state index in [-0.39, 0.29) is 12.1 Å². The summed E-state index contributed by atoms with van der Waals surface area (Å²) in [6.45, 7) is 1.85. The Bertz CT molecular complexity index is 824. The summed E-state index contributed by atoms with van der Waals surface area (Å²) in [6, 6.07) is 5.53. The van der Waals surface area contributed by atoms with E-state index in [1.54, 1.807) is 16.9 Å². The highest BCUT2D eigenvalue weighted by molar-refractivity contribution is 5.61. The topological polar surface area (TPSA) is 55.6 Å². The molecule has 0 atom stereocenters. The molecule has 2 heterocycles. The summed E-state index contributed by atoms with van der Waals surface area (Å²) in [5.41, 5.74) is 2.38. The molecular formula is C16H15F2N5. The average Bonchev–Trinajstić information content (AvgIpc) is 2.86. The number of anilines is 1. The molecule has 0 saturated heterocycles. The van der Waals surface area contributed by atoms with Crippen LogP contribution in [0.1, 0.15) is 11.3 Å². The Morgan fingerprint density at radius 1 is 1.17 bits per heavy atom. The predicted molar refractivity (Wildman–Crippen MR) is 82.7 cm³/mol. The highest BCUT2D eigenvalue weighted by Crippen LogP contribution is 2.21. The SMILES string of the molecule is Cc1nn(C)cc1-c1ccnc(NCc2c(F)cccc2F)n1. The number of benzene rings is 1. The normalized spacial score (nSPS) is 10.8. The summed E-state index contributed by atoms with van der Waals surface area (Å²) in [7, 11) is 1.83. The lowest BCUT2D eigenvalue weighted by Gasteiger charge is -2.08. The standard InChI is InChI=1S/C16H15F2N5/c1-10-12(9-23(2)22-10)15-6-7-19-16(21-15)20-8-11-13(17)4-3-5-14(11)18/h3-7,9H,8H2,1-2H3,(H,19,20,21). The lowest BCUT2D eigenvalue weighted by atomic mass is 10.2. The number of nitrogens with one attached hydrogen (secondary N) is 1. The third kappa shape index (κ3) is 3.18. The van der Waals surface area contributed by atoms with Gasteiger partial charge in [-0.05, 0) is 25.1 Å². The van der Waals surface area contributed by atoms with Crippen LogP contribution in [0.3, 0.4) is 0 Å². The smallest absolute Gasteiger partial charge is 0.223 e. The summed E-state index contributed by atoms with van der Waals surface area (Å²) in [4.78, 5) is 8.45. The molecule has 23 heavy (non-hydrogen) atoms. The van der Waals surface area contributed by atoms with E-state index in [1.807, 2.05) is 20.2 Å². The first kappa shape index (κ1) is 15.1. The third-order valence-electron chi connectivity index (χ3n) is 3.43. The molecule has 3 rings (SSSR count). The zero-order valence-corrected chi connectivity index (χ0v) is 12.7. The van der Waals surface area contributed by atoms with Crippen LogP contribution in [0.2, 0.25) is 0 Å². The molecule has 1 N–H and O–H groups in total. The van der Waals surface area contributed by atoms with Gasteiger partial charge in [0.25, 0.3) is 0 Å². The molecule has 1 aromatic carbocycles. The molecule has 0 aliphatic heterocycles. The second-order valence-corrected chi connectivity index (χ2v) is 5.12. The molecule has 0 bridgehead atoms. The molecule has 0 aliphatic rings. The first-order valence-corrected chi connectivity index (χ1v) is 7.05. The molecule has 7 heteroatoms. The molecule has 0 amide bonds. The van der Waals surface area contributed by atoms with Gasteiger partial charge in [-0.2, -0.15) is 5.10 Å². The van der Waals surface area contributed by atoms with Crippen molar-refractivity contribution >= 4 is 5.95 Å². The molecule has 3 aromatic rings. The van der Waals surface area contributed by atoms with Gasteiger partial charge >= 0.3 is 0 Å². The van der Waals surface area contributed by atoms with E-state index in [2.05, 4.69) is 20.4 Å². The summed E-state index contributed by atoms with van der Waals surface area (Å²) in [5, 5.41) is 7.12. The summed E-state index contributed by atoms with van der Waals surface area (Å²) >= 11 is 0. The van der Waals surface area contributed by atoms with Gasteiger partial charge in [0.15, 0.2) is 0 Å². The Morgan fingerprint density at radius 3 is 2.57 bits per heavy atom. The van der Waals surface area contributed by atoms with Gasteiger partial charge < -0.3 is 5.32 Å². The molecule has 0 unspecified atom stereocenters. The van der Waals surface area contributed by atoms with Gasteiger partial charge in [-0.25, -0.2) is 18.7 Å². The average molecular weight is 315 g/mol. The summed E-state index contributed by atoms with van der Waals surface area (Å²) in [6.07, 6.45) is 3.45. The summed E-state index contributed by atoms with van der Waals surface area (Å²) < 4.78 is 28.9. The van der Waals surface area contributed by atoms with Crippen molar-refractivity contribution in [1.29, 1.82) is 0 Å².